The number of benzene rings is 5. The van der Waals surface area contributed by atoms with Gasteiger partial charge in [0.1, 0.15) is 11.0 Å². The fourth-order valence-corrected chi connectivity index (χ4v) is 7.07. The number of hydrogen-bond acceptors (Lipinski definition) is 5. The van der Waals surface area contributed by atoms with Crippen molar-refractivity contribution in [3.05, 3.63) is 139 Å². The Balaban J connectivity index is 1.19. The Bertz CT molecular complexity index is 1940. The van der Waals surface area contributed by atoms with Crippen molar-refractivity contribution < 1.29 is 0 Å². The highest BCUT2D eigenvalue weighted by Gasteiger charge is 2.18. The summed E-state index contributed by atoms with van der Waals surface area (Å²) in [6, 6.07) is 47.5. The Morgan fingerprint density at radius 1 is 0.488 bits per heavy atom. The number of fused-ring (bicyclic) bond motifs is 1. The van der Waals surface area contributed by atoms with Crippen LogP contribution in [0.5, 0.6) is 0 Å². The molecular formula is C38H31N3S2. The number of rotatable bonds is 6. The third kappa shape index (κ3) is 5.38. The number of hydrogen-bond donors (Lipinski definition) is 0. The molecule has 0 atom stereocenters. The molecule has 0 saturated heterocycles. The number of thiophene rings is 1. The zero-order valence-corrected chi connectivity index (χ0v) is 26.0. The molecular weight excluding hydrogens is 563 g/mol. The van der Waals surface area contributed by atoms with Crippen LogP contribution in [-0.2, 0) is 5.41 Å². The highest BCUT2D eigenvalue weighted by Crippen LogP contribution is 2.41. The van der Waals surface area contributed by atoms with E-state index in [1.807, 2.05) is 0 Å². The fraction of sp³-hybridized carbons (Fsp3) is 0.105. The first-order valence-electron chi connectivity index (χ1n) is 14.4. The van der Waals surface area contributed by atoms with Crippen LogP contribution in [-0.4, -0.2) is 8.75 Å². The van der Waals surface area contributed by atoms with Crippen LogP contribution in [0.3, 0.4) is 0 Å². The van der Waals surface area contributed by atoms with Gasteiger partial charge < -0.3 is 4.90 Å². The maximum Gasteiger partial charge on any atom is 0.114 e. The molecule has 0 aliphatic rings. The van der Waals surface area contributed by atoms with E-state index in [4.69, 9.17) is 8.75 Å². The van der Waals surface area contributed by atoms with Gasteiger partial charge in [-0.25, -0.2) is 0 Å². The van der Waals surface area contributed by atoms with Crippen molar-refractivity contribution in [3.8, 4) is 32.0 Å². The largest absolute Gasteiger partial charge is 0.311 e. The number of nitrogens with zero attached hydrogens (tertiary/aromatic N) is 3. The van der Waals surface area contributed by atoms with Gasteiger partial charge in [-0.3, -0.25) is 0 Å². The van der Waals surface area contributed by atoms with Gasteiger partial charge in [0.15, 0.2) is 0 Å². The molecule has 0 radical (unpaired) electrons. The van der Waals surface area contributed by atoms with E-state index in [1.54, 1.807) is 11.3 Å². The molecule has 7 rings (SSSR count). The molecule has 2 heterocycles. The molecule has 5 aromatic carbocycles. The van der Waals surface area contributed by atoms with E-state index in [2.05, 4.69) is 159 Å². The fourth-order valence-electron chi connectivity index (χ4n) is 5.46. The van der Waals surface area contributed by atoms with E-state index in [-0.39, 0.29) is 5.41 Å². The molecule has 3 nitrogen and oxygen atoms in total. The molecule has 7 aromatic rings. The van der Waals surface area contributed by atoms with Gasteiger partial charge in [-0.05, 0) is 70.6 Å². The standard InChI is InChI=1S/C38H31N3S2/c1-38(2,3)28-18-14-26(15-19-28)32-22-23-33(37-36(32)39-43-40-37)35-25-24-34(42-35)27-16-20-31(21-17-27)41(29-10-6-4-7-11-29)30-12-8-5-9-13-30/h4-25H,1-3H3. The van der Waals surface area contributed by atoms with Crippen molar-refractivity contribution in [3.63, 3.8) is 0 Å². The average Bonchev–Trinajstić information content (AvgIpc) is 3.73. The zero-order valence-electron chi connectivity index (χ0n) is 24.4. The van der Waals surface area contributed by atoms with Gasteiger partial charge in [-0.1, -0.05) is 106 Å². The summed E-state index contributed by atoms with van der Waals surface area (Å²) in [6.07, 6.45) is 0. The summed E-state index contributed by atoms with van der Waals surface area (Å²) >= 11 is 3.08. The molecule has 0 spiro atoms. The third-order valence-electron chi connectivity index (χ3n) is 7.79. The highest BCUT2D eigenvalue weighted by molar-refractivity contribution is 7.19. The monoisotopic (exact) mass is 593 g/mol. The lowest BCUT2D eigenvalue weighted by Gasteiger charge is -2.25. The third-order valence-corrected chi connectivity index (χ3v) is 9.48. The predicted octanol–water partition coefficient (Wildman–Crippen LogP) is 11.5. The van der Waals surface area contributed by atoms with Crippen LogP contribution < -0.4 is 4.90 Å². The minimum Gasteiger partial charge on any atom is -0.311 e. The second-order valence-corrected chi connectivity index (χ2v) is 13.3. The summed E-state index contributed by atoms with van der Waals surface area (Å²) in [7, 11) is 0. The minimum absolute atomic E-state index is 0.125. The van der Waals surface area contributed by atoms with Gasteiger partial charge in [0.05, 0.1) is 11.7 Å². The van der Waals surface area contributed by atoms with E-state index in [9.17, 15) is 0 Å². The van der Waals surface area contributed by atoms with E-state index < -0.39 is 0 Å². The first-order chi connectivity index (χ1) is 21.0. The van der Waals surface area contributed by atoms with E-state index in [0.717, 1.165) is 39.2 Å². The van der Waals surface area contributed by atoms with Crippen molar-refractivity contribution in [2.45, 2.75) is 26.2 Å². The van der Waals surface area contributed by atoms with Crippen molar-refractivity contribution in [1.29, 1.82) is 0 Å². The first kappa shape index (κ1) is 27.3. The number of para-hydroxylation sites is 2. The highest BCUT2D eigenvalue weighted by atomic mass is 32.1. The lowest BCUT2D eigenvalue weighted by Crippen LogP contribution is -2.10. The van der Waals surface area contributed by atoms with Crippen LogP contribution in [0.2, 0.25) is 0 Å². The second kappa shape index (κ2) is 11.3. The Morgan fingerprint density at radius 3 is 1.60 bits per heavy atom. The lowest BCUT2D eigenvalue weighted by atomic mass is 9.86. The maximum absolute atomic E-state index is 4.74. The van der Waals surface area contributed by atoms with Crippen LogP contribution in [0.25, 0.3) is 43.0 Å². The van der Waals surface area contributed by atoms with Crippen molar-refractivity contribution in [1.82, 2.24) is 8.75 Å². The Hall–Kier alpha value is -4.58. The quantitative estimate of drug-likeness (QED) is 0.192. The molecule has 0 aliphatic heterocycles. The van der Waals surface area contributed by atoms with Crippen LogP contribution in [0, 0.1) is 0 Å². The van der Waals surface area contributed by atoms with Crippen LogP contribution in [0.4, 0.5) is 17.1 Å². The van der Waals surface area contributed by atoms with Crippen molar-refractivity contribution in [2.75, 3.05) is 4.90 Å². The van der Waals surface area contributed by atoms with Gasteiger partial charge in [0, 0.05) is 37.9 Å². The molecule has 0 bridgehead atoms. The van der Waals surface area contributed by atoms with Gasteiger partial charge >= 0.3 is 0 Å². The Morgan fingerprint density at radius 2 is 1.00 bits per heavy atom. The molecule has 0 saturated carbocycles. The Labute approximate surface area is 261 Å². The van der Waals surface area contributed by atoms with Gasteiger partial charge in [0.2, 0.25) is 0 Å². The Kier molecular flexibility index (Phi) is 7.13. The summed E-state index contributed by atoms with van der Waals surface area (Å²) in [5.74, 6) is 0. The molecule has 43 heavy (non-hydrogen) atoms. The topological polar surface area (TPSA) is 29.0 Å². The summed E-state index contributed by atoms with van der Waals surface area (Å²) in [4.78, 5) is 4.71. The first-order valence-corrected chi connectivity index (χ1v) is 16.0. The minimum atomic E-state index is 0.125. The van der Waals surface area contributed by atoms with Crippen LogP contribution in [0.1, 0.15) is 26.3 Å². The molecule has 0 N–H and O–H groups in total. The lowest BCUT2D eigenvalue weighted by molar-refractivity contribution is 0.590. The molecule has 0 fully saturated rings. The van der Waals surface area contributed by atoms with Crippen molar-refractivity contribution >= 4 is 51.2 Å². The number of aromatic nitrogens is 2. The van der Waals surface area contributed by atoms with Gasteiger partial charge in [-0.2, -0.15) is 8.75 Å². The average molecular weight is 594 g/mol. The summed E-state index contributed by atoms with van der Waals surface area (Å²) in [5, 5.41) is 0. The van der Waals surface area contributed by atoms with Crippen LogP contribution in [0.15, 0.2) is 133 Å². The summed E-state index contributed by atoms with van der Waals surface area (Å²) in [6.45, 7) is 6.73. The molecule has 0 unspecified atom stereocenters. The van der Waals surface area contributed by atoms with Gasteiger partial charge in [-0.15, -0.1) is 11.3 Å². The van der Waals surface area contributed by atoms with Gasteiger partial charge in [0.25, 0.3) is 0 Å². The van der Waals surface area contributed by atoms with E-state index in [0.29, 0.717) is 0 Å². The number of anilines is 3. The molecule has 2 aromatic heterocycles. The summed E-state index contributed by atoms with van der Waals surface area (Å²) in [5.41, 5.74) is 11.4. The van der Waals surface area contributed by atoms with E-state index >= 15 is 0 Å². The van der Waals surface area contributed by atoms with Crippen molar-refractivity contribution in [2.24, 2.45) is 0 Å². The van der Waals surface area contributed by atoms with E-state index in [1.165, 1.54) is 38.2 Å². The molecule has 5 heteroatoms. The normalized spacial score (nSPS) is 11.6. The molecule has 210 valence electrons. The molecule has 0 aliphatic carbocycles. The predicted molar refractivity (Wildman–Crippen MR) is 185 cm³/mol. The maximum atomic E-state index is 4.74. The SMILES string of the molecule is CC(C)(C)c1ccc(-c2ccc(-c3ccc(-c4ccc(N(c5ccccc5)c5ccccc5)cc4)s3)c3nsnc23)cc1. The van der Waals surface area contributed by atoms with Crippen LogP contribution >= 0.6 is 23.1 Å². The molecule has 0 amide bonds. The second-order valence-electron chi connectivity index (χ2n) is 11.7. The zero-order chi connectivity index (χ0) is 29.4. The summed E-state index contributed by atoms with van der Waals surface area (Å²) < 4.78 is 9.46. The smallest absolute Gasteiger partial charge is 0.114 e.